The Morgan fingerprint density at radius 3 is 2.21 bits per heavy atom. The summed E-state index contributed by atoms with van der Waals surface area (Å²) in [6.45, 7) is 8.49. The summed E-state index contributed by atoms with van der Waals surface area (Å²) in [5, 5.41) is 3.17. The number of aromatic nitrogens is 1. The second kappa shape index (κ2) is 5.43. The van der Waals surface area contributed by atoms with Crippen molar-refractivity contribution in [3.8, 4) is 11.3 Å². The first kappa shape index (κ1) is 14.2. The highest BCUT2D eigenvalue weighted by molar-refractivity contribution is 7.10. The predicted molar refractivity (Wildman–Crippen MR) is 83.5 cm³/mol. The van der Waals surface area contributed by atoms with Gasteiger partial charge in [0.1, 0.15) is 5.01 Å². The summed E-state index contributed by atoms with van der Waals surface area (Å²) in [6.07, 6.45) is 1.84. The Balaban J connectivity index is 2.40. The molecule has 1 heterocycles. The van der Waals surface area contributed by atoms with Crippen LogP contribution in [0, 0.1) is 13.8 Å². The van der Waals surface area contributed by atoms with Gasteiger partial charge in [0.05, 0.1) is 11.2 Å². The molecule has 2 rings (SSSR count). The van der Waals surface area contributed by atoms with Crippen LogP contribution in [-0.2, 0) is 5.54 Å². The zero-order chi connectivity index (χ0) is 14.0. The van der Waals surface area contributed by atoms with Gasteiger partial charge >= 0.3 is 0 Å². The van der Waals surface area contributed by atoms with Crippen LogP contribution in [0.4, 0.5) is 0 Å². The molecule has 2 N–H and O–H groups in total. The fourth-order valence-electron chi connectivity index (χ4n) is 2.31. The average molecular weight is 274 g/mol. The van der Waals surface area contributed by atoms with Crippen LogP contribution in [-0.4, -0.2) is 4.98 Å². The second-order valence-electron chi connectivity index (χ2n) is 5.28. The molecule has 0 radical (unpaired) electrons. The Kier molecular flexibility index (Phi) is 4.07. The van der Waals surface area contributed by atoms with E-state index in [4.69, 9.17) is 10.7 Å². The maximum atomic E-state index is 6.42. The maximum absolute atomic E-state index is 6.42. The topological polar surface area (TPSA) is 38.9 Å². The van der Waals surface area contributed by atoms with E-state index in [9.17, 15) is 0 Å². The lowest BCUT2D eigenvalue weighted by Crippen LogP contribution is -2.34. The molecule has 0 fully saturated rings. The zero-order valence-corrected chi connectivity index (χ0v) is 13.0. The Labute approximate surface area is 119 Å². The number of hydrogen-bond acceptors (Lipinski definition) is 3. The zero-order valence-electron chi connectivity index (χ0n) is 12.2. The van der Waals surface area contributed by atoms with Crippen molar-refractivity contribution in [3.05, 3.63) is 39.7 Å². The molecule has 3 heteroatoms. The normalized spacial score (nSPS) is 11.8. The van der Waals surface area contributed by atoms with Gasteiger partial charge in [-0.1, -0.05) is 31.0 Å². The van der Waals surface area contributed by atoms with Crippen LogP contribution < -0.4 is 5.73 Å². The van der Waals surface area contributed by atoms with E-state index in [1.807, 2.05) is 0 Å². The number of hydrogen-bond donors (Lipinski definition) is 1. The highest BCUT2D eigenvalue weighted by atomic mass is 32.1. The molecule has 1 aromatic heterocycles. The first-order valence-corrected chi connectivity index (χ1v) is 7.70. The highest BCUT2D eigenvalue weighted by Gasteiger charge is 2.26. The summed E-state index contributed by atoms with van der Waals surface area (Å²) < 4.78 is 0. The minimum atomic E-state index is -0.276. The summed E-state index contributed by atoms with van der Waals surface area (Å²) in [7, 11) is 0. The van der Waals surface area contributed by atoms with Crippen molar-refractivity contribution in [3.63, 3.8) is 0 Å². The smallest absolute Gasteiger partial charge is 0.113 e. The Morgan fingerprint density at radius 2 is 1.68 bits per heavy atom. The Morgan fingerprint density at radius 1 is 1.11 bits per heavy atom. The van der Waals surface area contributed by atoms with Crippen LogP contribution in [0.5, 0.6) is 0 Å². The molecule has 1 aromatic carbocycles. The van der Waals surface area contributed by atoms with Crippen molar-refractivity contribution < 1.29 is 0 Å². The SMILES string of the molecule is CCC(N)(CC)c1nc(-c2cc(C)cc(C)c2)cs1. The molecule has 0 atom stereocenters. The molecule has 0 unspecified atom stereocenters. The molecule has 0 bridgehead atoms. The third kappa shape index (κ3) is 2.88. The van der Waals surface area contributed by atoms with Crippen LogP contribution in [0.15, 0.2) is 23.6 Å². The summed E-state index contributed by atoms with van der Waals surface area (Å²) in [6, 6.07) is 6.55. The molecule has 0 aliphatic heterocycles. The number of nitrogens with two attached hydrogens (primary N) is 1. The third-order valence-corrected chi connectivity index (χ3v) is 4.77. The highest BCUT2D eigenvalue weighted by Crippen LogP contribution is 2.32. The Bertz CT molecular complexity index is 548. The van der Waals surface area contributed by atoms with Crippen molar-refractivity contribution in [1.29, 1.82) is 0 Å². The summed E-state index contributed by atoms with van der Waals surface area (Å²) in [4.78, 5) is 4.77. The number of thiazole rings is 1. The lowest BCUT2D eigenvalue weighted by Gasteiger charge is -2.23. The van der Waals surface area contributed by atoms with Crippen molar-refractivity contribution in [2.75, 3.05) is 0 Å². The maximum Gasteiger partial charge on any atom is 0.113 e. The van der Waals surface area contributed by atoms with Gasteiger partial charge in [0.2, 0.25) is 0 Å². The van der Waals surface area contributed by atoms with Gasteiger partial charge in [0.25, 0.3) is 0 Å². The van der Waals surface area contributed by atoms with Crippen LogP contribution >= 0.6 is 11.3 Å². The first-order chi connectivity index (χ1) is 8.98. The second-order valence-corrected chi connectivity index (χ2v) is 6.14. The molecular weight excluding hydrogens is 252 g/mol. The number of nitrogens with zero attached hydrogens (tertiary/aromatic N) is 1. The first-order valence-electron chi connectivity index (χ1n) is 6.82. The van der Waals surface area contributed by atoms with E-state index >= 15 is 0 Å². The lowest BCUT2D eigenvalue weighted by molar-refractivity contribution is 0.411. The van der Waals surface area contributed by atoms with Crippen LogP contribution in [0.25, 0.3) is 11.3 Å². The van der Waals surface area contributed by atoms with E-state index in [-0.39, 0.29) is 5.54 Å². The fourth-order valence-corrected chi connectivity index (χ4v) is 3.40. The molecule has 2 nitrogen and oxygen atoms in total. The lowest BCUT2D eigenvalue weighted by atomic mass is 9.95. The van der Waals surface area contributed by atoms with Crippen molar-refractivity contribution in [1.82, 2.24) is 4.98 Å². The molecular formula is C16H22N2S. The molecule has 2 aromatic rings. The van der Waals surface area contributed by atoms with Crippen molar-refractivity contribution in [2.45, 2.75) is 46.1 Å². The van der Waals surface area contributed by atoms with E-state index in [1.165, 1.54) is 16.7 Å². The number of rotatable bonds is 4. The van der Waals surface area contributed by atoms with Gasteiger partial charge in [0, 0.05) is 10.9 Å². The fraction of sp³-hybridized carbons (Fsp3) is 0.438. The third-order valence-electron chi connectivity index (χ3n) is 3.71. The van der Waals surface area contributed by atoms with Crippen molar-refractivity contribution >= 4 is 11.3 Å². The molecule has 0 aliphatic rings. The van der Waals surface area contributed by atoms with E-state index in [0.29, 0.717) is 0 Å². The average Bonchev–Trinajstić information content (AvgIpc) is 2.87. The number of aryl methyl sites for hydroxylation is 2. The van der Waals surface area contributed by atoms with Gasteiger partial charge in [-0.15, -0.1) is 11.3 Å². The summed E-state index contributed by atoms with van der Waals surface area (Å²) >= 11 is 1.68. The minimum absolute atomic E-state index is 0.276. The van der Waals surface area contributed by atoms with Crippen LogP contribution in [0.3, 0.4) is 0 Å². The molecule has 0 saturated carbocycles. The monoisotopic (exact) mass is 274 g/mol. The predicted octanol–water partition coefficient (Wildman–Crippen LogP) is 4.40. The Hall–Kier alpha value is -1.19. The molecule has 0 amide bonds. The molecule has 19 heavy (non-hydrogen) atoms. The number of benzene rings is 1. The molecule has 0 aliphatic carbocycles. The van der Waals surface area contributed by atoms with Gasteiger partial charge in [0.15, 0.2) is 0 Å². The standard InChI is InChI=1S/C16H22N2S/c1-5-16(17,6-2)15-18-14(10-19-15)13-8-11(3)7-12(4)9-13/h7-10H,5-6,17H2,1-4H3. The van der Waals surface area contributed by atoms with Gasteiger partial charge in [-0.2, -0.15) is 0 Å². The molecule has 102 valence electrons. The summed E-state index contributed by atoms with van der Waals surface area (Å²) in [5.74, 6) is 0. The van der Waals surface area contributed by atoms with Gasteiger partial charge < -0.3 is 5.73 Å². The van der Waals surface area contributed by atoms with E-state index in [1.54, 1.807) is 11.3 Å². The molecule has 0 spiro atoms. The van der Waals surface area contributed by atoms with E-state index in [0.717, 1.165) is 23.5 Å². The van der Waals surface area contributed by atoms with E-state index < -0.39 is 0 Å². The quantitative estimate of drug-likeness (QED) is 0.897. The van der Waals surface area contributed by atoms with Crippen LogP contribution in [0.1, 0.15) is 42.8 Å². The largest absolute Gasteiger partial charge is 0.319 e. The molecule has 0 saturated heterocycles. The van der Waals surface area contributed by atoms with E-state index in [2.05, 4.69) is 51.3 Å². The van der Waals surface area contributed by atoms with Gasteiger partial charge in [-0.3, -0.25) is 0 Å². The van der Waals surface area contributed by atoms with Crippen molar-refractivity contribution in [2.24, 2.45) is 5.73 Å². The van der Waals surface area contributed by atoms with Gasteiger partial charge in [-0.05, 0) is 38.8 Å². The summed E-state index contributed by atoms with van der Waals surface area (Å²) in [5.41, 5.74) is 10.9. The minimum Gasteiger partial charge on any atom is -0.319 e. The van der Waals surface area contributed by atoms with Gasteiger partial charge in [-0.25, -0.2) is 4.98 Å². The van der Waals surface area contributed by atoms with Crippen LogP contribution in [0.2, 0.25) is 0 Å².